The molecule has 1 aromatic rings. The van der Waals surface area contributed by atoms with Gasteiger partial charge < -0.3 is 51.6 Å². The van der Waals surface area contributed by atoms with Crippen LogP contribution in [0, 0.1) is 43.6 Å². The normalized spacial score (nSPS) is 17.4. The van der Waals surface area contributed by atoms with Crippen LogP contribution in [0.4, 0.5) is 5.00 Å². The molecule has 1 aliphatic carbocycles. The number of aryl methyl sites for hydroxylation is 1. The van der Waals surface area contributed by atoms with Crippen LogP contribution in [0.3, 0.4) is 0 Å². The van der Waals surface area contributed by atoms with Crippen LogP contribution in [0.15, 0.2) is 35.2 Å². The number of piperazine rings is 1. The summed E-state index contributed by atoms with van der Waals surface area (Å²) in [6, 6.07) is 2.11. The van der Waals surface area contributed by atoms with Crippen LogP contribution >= 0.6 is 11.3 Å². The number of fused-ring (bicyclic) bond motifs is 1. The Bertz CT molecular complexity index is 1340. The number of aliphatic imine (C=N–C) groups is 1. The topological polar surface area (TPSA) is 212 Å². The number of nitrogens with two attached hydrogens (primary N) is 3. The summed E-state index contributed by atoms with van der Waals surface area (Å²) in [5, 5.41) is 23.1. The van der Waals surface area contributed by atoms with E-state index in [1.54, 1.807) is 26.0 Å². The van der Waals surface area contributed by atoms with Gasteiger partial charge in [-0.2, -0.15) is 17.8 Å². The Labute approximate surface area is 314 Å². The second-order valence-electron chi connectivity index (χ2n) is 11.2. The molecule has 2 aliphatic rings. The van der Waals surface area contributed by atoms with Crippen LogP contribution in [0.2, 0.25) is 0 Å². The smallest absolute Gasteiger partial charge is 0.314 e. The molecular weight excluding hydrogens is 707 g/mol. The van der Waals surface area contributed by atoms with E-state index in [9.17, 15) is 19.6 Å². The predicted molar refractivity (Wildman–Crippen MR) is 187 cm³/mol. The van der Waals surface area contributed by atoms with Crippen LogP contribution in [0.1, 0.15) is 67.9 Å². The number of ketones is 1. The summed E-state index contributed by atoms with van der Waals surface area (Å²) in [5.41, 5.74) is 18.4. The minimum absolute atomic E-state index is 0. The van der Waals surface area contributed by atoms with E-state index in [-0.39, 0.29) is 63.7 Å². The number of allylic oxidation sites excluding steroid dienone is 4. The molecule has 7 N–H and O–H groups in total. The maximum absolute atomic E-state index is 12.4. The number of ether oxygens (including phenoxy) is 1. The molecule has 12 nitrogen and oxygen atoms in total. The van der Waals surface area contributed by atoms with Crippen molar-refractivity contribution in [3.05, 3.63) is 71.9 Å². The molecule has 2 atom stereocenters. The molecule has 2 heterocycles. The van der Waals surface area contributed by atoms with E-state index in [0.717, 1.165) is 74.9 Å². The number of hydrogen-bond donors (Lipinski definition) is 4. The van der Waals surface area contributed by atoms with Gasteiger partial charge >= 0.3 is 5.97 Å². The average Bonchev–Trinajstić information content (AvgIpc) is 3.34. The fraction of sp³-hybridized carbons (Fsp3) is 0.500. The summed E-state index contributed by atoms with van der Waals surface area (Å²) in [7, 11) is 0. The van der Waals surface area contributed by atoms with Crippen LogP contribution in [0.25, 0.3) is 5.32 Å². The average molecular weight is 757 g/mol. The summed E-state index contributed by atoms with van der Waals surface area (Å²) < 4.78 is 5.30. The van der Waals surface area contributed by atoms with Gasteiger partial charge in [0.05, 0.1) is 18.1 Å². The quantitative estimate of drug-likeness (QED) is 0.0309. The Hall–Kier alpha value is -2.89. The number of carboxylic acid groups (broad SMARTS) is 1. The van der Waals surface area contributed by atoms with E-state index < -0.39 is 23.6 Å². The molecule has 0 aromatic carbocycles. The van der Waals surface area contributed by atoms with Crippen molar-refractivity contribution in [3.8, 4) is 6.07 Å². The van der Waals surface area contributed by atoms with E-state index in [1.165, 1.54) is 11.3 Å². The number of hydrogen-bond acceptors (Lipinski definition) is 9. The number of thiophene rings is 1. The summed E-state index contributed by atoms with van der Waals surface area (Å²) >= 11 is 1.39. The van der Waals surface area contributed by atoms with Gasteiger partial charge in [0.25, 0.3) is 5.91 Å². The molecule has 1 amide bonds. The first-order valence-electron chi connectivity index (χ1n) is 15.5. The van der Waals surface area contributed by atoms with E-state index in [2.05, 4.69) is 34.3 Å². The number of carbonyl (C=O) groups is 3. The molecule has 263 valence electrons. The first-order chi connectivity index (χ1) is 22.0. The van der Waals surface area contributed by atoms with Crippen molar-refractivity contribution in [2.45, 2.75) is 58.3 Å². The second-order valence-corrected chi connectivity index (χ2v) is 12.3. The number of aliphatic carboxylic acids is 1. The van der Waals surface area contributed by atoms with Gasteiger partial charge in [0.2, 0.25) is 0 Å². The van der Waals surface area contributed by atoms with Crippen molar-refractivity contribution < 1.29 is 56.9 Å². The number of nitrogen functional groups attached to an aromatic ring is 1. The molecule has 0 spiro atoms. The zero-order valence-corrected chi connectivity index (χ0v) is 32.0. The first-order valence-corrected chi connectivity index (χ1v) is 16.3. The van der Waals surface area contributed by atoms with E-state index in [0.29, 0.717) is 30.0 Å². The van der Waals surface area contributed by atoms with Crippen LogP contribution in [0.5, 0.6) is 0 Å². The minimum Gasteiger partial charge on any atom is -0.660 e. The van der Waals surface area contributed by atoms with Gasteiger partial charge in [-0.1, -0.05) is 13.8 Å². The second kappa shape index (κ2) is 24.3. The van der Waals surface area contributed by atoms with Crippen molar-refractivity contribution in [2.75, 3.05) is 45.1 Å². The number of anilines is 1. The Morgan fingerprint density at radius 3 is 2.56 bits per heavy atom. The molecule has 0 bridgehead atoms. The van der Waals surface area contributed by atoms with Gasteiger partial charge in [0, 0.05) is 49.5 Å². The molecule has 14 heteroatoms. The van der Waals surface area contributed by atoms with Gasteiger partial charge in [-0.05, 0) is 63.2 Å². The number of carboxylic acids is 1. The number of unbranched alkanes of at least 4 members (excludes halogenated alkanes) is 1. The van der Waals surface area contributed by atoms with E-state index in [4.69, 9.17) is 27.0 Å². The van der Waals surface area contributed by atoms with Crippen molar-refractivity contribution in [3.63, 3.8) is 0 Å². The summed E-state index contributed by atoms with van der Waals surface area (Å²) in [4.78, 5) is 42.7. The van der Waals surface area contributed by atoms with Crippen molar-refractivity contribution in [2.24, 2.45) is 28.3 Å². The Morgan fingerprint density at radius 1 is 1.27 bits per heavy atom. The first kappa shape index (κ1) is 45.1. The van der Waals surface area contributed by atoms with E-state index >= 15 is 0 Å². The largest absolute Gasteiger partial charge is 0.660 e. The Morgan fingerprint density at radius 2 is 1.96 bits per heavy atom. The molecule has 2 unspecified atom stereocenters. The summed E-state index contributed by atoms with van der Waals surface area (Å²) in [6.45, 7) is 12.3. The van der Waals surface area contributed by atoms with Gasteiger partial charge in [-0.3, -0.25) is 14.4 Å². The standard InChI is InChI=1S/C17H18N4OS.C16H28N3O4.CH3.Y/c1-2-3-4-5-9-14(19)21-17(22)11-7-6-8-13-15(11)12(10-18)16(20)23-13;1-12(2)15(16(21)22)13(20)11-14(17)23-10-4-3-7-19-8-5-18-6-9-19;;/h3-5,11H,1-2,6-8,20H2,(H2,19,21,22);11-12,15H,3-10,17H2,1-2H3,(H,21,22);1H3;/q-2;2*-1;/b4-3+;14-11+;;. The number of rotatable bonds is 14. The number of carbonyl (C=O) groups excluding carboxylic acids is 2. The van der Waals surface area contributed by atoms with E-state index in [1.807, 2.05) is 6.08 Å². The maximum Gasteiger partial charge on any atom is 0.314 e. The third-order valence-electron chi connectivity index (χ3n) is 7.37. The van der Waals surface area contributed by atoms with Crippen molar-refractivity contribution >= 4 is 39.8 Å². The number of nitriles is 1. The number of amides is 1. The zero-order chi connectivity index (χ0) is 34.1. The molecule has 1 aromatic heterocycles. The number of nitrogens with zero attached hydrogens (tertiary/aromatic N) is 4. The van der Waals surface area contributed by atoms with Gasteiger partial charge in [0.1, 0.15) is 17.0 Å². The molecule has 0 saturated carbocycles. The van der Waals surface area contributed by atoms with Gasteiger partial charge in [-0.15, -0.1) is 24.4 Å². The zero-order valence-electron chi connectivity index (χ0n) is 28.3. The predicted octanol–water partition coefficient (Wildman–Crippen LogP) is 4.29. The molecule has 1 radical (unpaired) electrons. The number of amidine groups is 1. The molecule has 3 rings (SSSR count). The monoisotopic (exact) mass is 756 g/mol. The molecule has 1 aliphatic heterocycles. The van der Waals surface area contributed by atoms with Gasteiger partial charge in [-0.25, -0.2) is 23.2 Å². The SMILES string of the molecule is CC(C)C(C(=O)O)C(=O)/C=C(\N)OCCCCN1CC[N-]CC1.[CH2-]C/C=C/C=[C-]C(N)=NC(=O)C1CCCc2sc(N)c(C#N)c21.[CH3-].[Y]. The van der Waals surface area contributed by atoms with Gasteiger partial charge in [0.15, 0.2) is 11.7 Å². The maximum atomic E-state index is 12.4. The summed E-state index contributed by atoms with van der Waals surface area (Å²) in [6.07, 6.45) is 13.8. The third kappa shape index (κ3) is 15.1. The van der Waals surface area contributed by atoms with Crippen LogP contribution < -0.4 is 17.2 Å². The molecular formula is C34H49N7O5SY-4. The van der Waals surface area contributed by atoms with Crippen LogP contribution in [-0.2, 0) is 58.3 Å². The Balaban J connectivity index is 0.000000884. The molecule has 1 fully saturated rings. The fourth-order valence-corrected chi connectivity index (χ4v) is 6.19. The molecule has 1 saturated heterocycles. The fourth-order valence-electron chi connectivity index (χ4n) is 5.07. The minimum atomic E-state index is -1.14. The van der Waals surface area contributed by atoms with Crippen LogP contribution in [-0.4, -0.2) is 72.8 Å². The Kier molecular flexibility index (Phi) is 22.8. The third-order valence-corrected chi connectivity index (χ3v) is 8.47. The van der Waals surface area contributed by atoms with Crippen molar-refractivity contribution in [1.29, 1.82) is 5.26 Å². The summed E-state index contributed by atoms with van der Waals surface area (Å²) in [5.74, 6) is -3.82. The molecule has 48 heavy (non-hydrogen) atoms. The van der Waals surface area contributed by atoms with Crippen molar-refractivity contribution in [1.82, 2.24) is 4.90 Å².